The summed E-state index contributed by atoms with van der Waals surface area (Å²) in [5, 5.41) is 3.52. The summed E-state index contributed by atoms with van der Waals surface area (Å²) in [6, 6.07) is 10.8. The fourth-order valence-corrected chi connectivity index (χ4v) is 2.74. The number of halogens is 1. The molecule has 0 unspecified atom stereocenters. The van der Waals surface area contributed by atoms with Crippen LogP contribution in [0.1, 0.15) is 11.1 Å². The van der Waals surface area contributed by atoms with Gasteiger partial charge in [0.2, 0.25) is 5.75 Å². The lowest BCUT2D eigenvalue weighted by molar-refractivity contribution is 0.206. The molecule has 7 heteroatoms. The number of hydrogen-bond donors (Lipinski definition) is 1. The predicted molar refractivity (Wildman–Crippen MR) is 101 cm³/mol. The van der Waals surface area contributed by atoms with Gasteiger partial charge in [-0.3, -0.25) is 0 Å². The highest BCUT2D eigenvalue weighted by molar-refractivity contribution is 6.30. The molecule has 0 radical (unpaired) electrons. The van der Waals surface area contributed by atoms with Gasteiger partial charge in [-0.1, -0.05) is 23.7 Å². The first-order valence-corrected chi connectivity index (χ1v) is 8.38. The number of nitrogens with zero attached hydrogens (tertiary/aromatic N) is 1. The van der Waals surface area contributed by atoms with Crippen molar-refractivity contribution >= 4 is 17.6 Å². The second kappa shape index (κ2) is 9.20. The number of benzene rings is 2. The number of carbonyl (C=O) groups is 1. The van der Waals surface area contributed by atoms with Gasteiger partial charge in [0, 0.05) is 25.2 Å². The summed E-state index contributed by atoms with van der Waals surface area (Å²) in [6.07, 6.45) is 0. The summed E-state index contributed by atoms with van der Waals surface area (Å²) in [4.78, 5) is 13.9. The number of carbonyl (C=O) groups excluding carboxylic acids is 1. The Morgan fingerprint density at radius 1 is 1.04 bits per heavy atom. The lowest BCUT2D eigenvalue weighted by Crippen LogP contribution is -2.36. The van der Waals surface area contributed by atoms with Gasteiger partial charge in [-0.25, -0.2) is 4.79 Å². The Morgan fingerprint density at radius 2 is 1.69 bits per heavy atom. The van der Waals surface area contributed by atoms with Crippen LogP contribution in [0.3, 0.4) is 0 Å². The van der Waals surface area contributed by atoms with Crippen LogP contribution in [0, 0.1) is 0 Å². The van der Waals surface area contributed by atoms with Crippen LogP contribution in [0.5, 0.6) is 17.2 Å². The highest BCUT2D eigenvalue weighted by atomic mass is 35.5. The third kappa shape index (κ3) is 4.95. The topological polar surface area (TPSA) is 60.0 Å². The minimum atomic E-state index is -0.196. The summed E-state index contributed by atoms with van der Waals surface area (Å²) in [6.45, 7) is 0.789. The van der Waals surface area contributed by atoms with Gasteiger partial charge in [-0.05, 0) is 35.4 Å². The fourth-order valence-electron chi connectivity index (χ4n) is 2.53. The van der Waals surface area contributed by atoms with Gasteiger partial charge in [-0.15, -0.1) is 0 Å². The van der Waals surface area contributed by atoms with Crippen LogP contribution in [-0.2, 0) is 13.1 Å². The summed E-state index contributed by atoms with van der Waals surface area (Å²) in [5.74, 6) is 1.61. The third-order valence-corrected chi connectivity index (χ3v) is 4.06. The average Bonchev–Trinajstić information content (AvgIpc) is 2.64. The van der Waals surface area contributed by atoms with E-state index in [0.717, 1.165) is 11.1 Å². The molecule has 1 N–H and O–H groups in total. The van der Waals surface area contributed by atoms with Gasteiger partial charge >= 0.3 is 6.03 Å². The standard InChI is InChI=1S/C19H23ClN2O4/c1-22(12-13-6-5-7-15(20)8-13)19(23)21-11-14-9-16(24-2)18(26-4)17(10-14)25-3/h5-10H,11-12H2,1-4H3,(H,21,23). The second-order valence-corrected chi connectivity index (χ2v) is 6.11. The van der Waals surface area contributed by atoms with Gasteiger partial charge in [0.1, 0.15) is 0 Å². The number of ether oxygens (including phenoxy) is 3. The molecule has 0 saturated carbocycles. The summed E-state index contributed by atoms with van der Waals surface area (Å²) < 4.78 is 15.9. The number of rotatable bonds is 7. The summed E-state index contributed by atoms with van der Waals surface area (Å²) >= 11 is 5.98. The Labute approximate surface area is 158 Å². The fraction of sp³-hybridized carbons (Fsp3) is 0.316. The van der Waals surface area contributed by atoms with E-state index in [9.17, 15) is 4.79 Å². The zero-order chi connectivity index (χ0) is 19.1. The first-order chi connectivity index (χ1) is 12.5. The average molecular weight is 379 g/mol. The van der Waals surface area contributed by atoms with Crippen molar-refractivity contribution in [1.29, 1.82) is 0 Å². The van der Waals surface area contributed by atoms with E-state index in [-0.39, 0.29) is 6.03 Å². The quantitative estimate of drug-likeness (QED) is 0.797. The number of urea groups is 1. The van der Waals surface area contributed by atoms with Crippen molar-refractivity contribution in [3.05, 3.63) is 52.5 Å². The Morgan fingerprint density at radius 3 is 2.23 bits per heavy atom. The van der Waals surface area contributed by atoms with Gasteiger partial charge in [-0.2, -0.15) is 0 Å². The maximum absolute atomic E-state index is 12.3. The lowest BCUT2D eigenvalue weighted by atomic mass is 10.2. The van der Waals surface area contributed by atoms with Crippen molar-refractivity contribution in [3.63, 3.8) is 0 Å². The van der Waals surface area contributed by atoms with Crippen molar-refractivity contribution < 1.29 is 19.0 Å². The van der Waals surface area contributed by atoms with Crippen molar-refractivity contribution in [2.75, 3.05) is 28.4 Å². The highest BCUT2D eigenvalue weighted by Crippen LogP contribution is 2.38. The molecule has 26 heavy (non-hydrogen) atoms. The SMILES string of the molecule is COc1cc(CNC(=O)N(C)Cc2cccc(Cl)c2)cc(OC)c1OC. The molecular weight excluding hydrogens is 356 g/mol. The van der Waals surface area contributed by atoms with E-state index in [1.165, 1.54) is 0 Å². The highest BCUT2D eigenvalue weighted by Gasteiger charge is 2.14. The number of nitrogens with one attached hydrogen (secondary N) is 1. The molecule has 2 rings (SSSR count). The van der Waals surface area contributed by atoms with E-state index in [1.54, 1.807) is 51.5 Å². The van der Waals surface area contributed by atoms with Gasteiger partial charge in [0.25, 0.3) is 0 Å². The second-order valence-electron chi connectivity index (χ2n) is 5.68. The first kappa shape index (κ1) is 19.7. The zero-order valence-electron chi connectivity index (χ0n) is 15.3. The Hall–Kier alpha value is -2.60. The monoisotopic (exact) mass is 378 g/mol. The normalized spacial score (nSPS) is 10.2. The van der Waals surface area contributed by atoms with E-state index in [0.29, 0.717) is 35.4 Å². The summed E-state index contributed by atoms with van der Waals surface area (Å²) in [7, 11) is 6.38. The number of amides is 2. The van der Waals surface area contributed by atoms with E-state index >= 15 is 0 Å². The van der Waals surface area contributed by atoms with Crippen LogP contribution in [0.4, 0.5) is 4.79 Å². The molecule has 0 bridgehead atoms. The van der Waals surface area contributed by atoms with E-state index in [4.69, 9.17) is 25.8 Å². The third-order valence-electron chi connectivity index (χ3n) is 3.82. The van der Waals surface area contributed by atoms with Crippen molar-refractivity contribution in [1.82, 2.24) is 10.2 Å². The Kier molecular flexibility index (Phi) is 6.97. The van der Waals surface area contributed by atoms with E-state index < -0.39 is 0 Å². The van der Waals surface area contributed by atoms with Crippen LogP contribution in [0.15, 0.2) is 36.4 Å². The molecule has 0 aliphatic rings. The Balaban J connectivity index is 2.02. The van der Waals surface area contributed by atoms with Gasteiger partial charge < -0.3 is 24.4 Å². The molecule has 0 fully saturated rings. The molecule has 0 aliphatic carbocycles. The molecule has 2 aromatic carbocycles. The maximum Gasteiger partial charge on any atom is 0.317 e. The molecule has 2 amide bonds. The maximum atomic E-state index is 12.3. The van der Waals surface area contributed by atoms with Crippen LogP contribution >= 0.6 is 11.6 Å². The number of methoxy groups -OCH3 is 3. The molecule has 0 aromatic heterocycles. The summed E-state index contributed by atoms with van der Waals surface area (Å²) in [5.41, 5.74) is 1.80. The number of hydrogen-bond acceptors (Lipinski definition) is 4. The van der Waals surface area contributed by atoms with Crippen molar-refractivity contribution in [3.8, 4) is 17.2 Å². The zero-order valence-corrected chi connectivity index (χ0v) is 16.1. The minimum Gasteiger partial charge on any atom is -0.493 e. The van der Waals surface area contributed by atoms with Crippen molar-refractivity contribution in [2.24, 2.45) is 0 Å². The molecule has 6 nitrogen and oxygen atoms in total. The molecular formula is C19H23ClN2O4. The molecule has 0 spiro atoms. The van der Waals surface area contributed by atoms with Gasteiger partial charge in [0.15, 0.2) is 11.5 Å². The lowest BCUT2D eigenvalue weighted by Gasteiger charge is -2.19. The smallest absolute Gasteiger partial charge is 0.317 e. The van der Waals surface area contributed by atoms with Crippen molar-refractivity contribution in [2.45, 2.75) is 13.1 Å². The largest absolute Gasteiger partial charge is 0.493 e. The van der Waals surface area contributed by atoms with E-state index in [1.807, 2.05) is 18.2 Å². The van der Waals surface area contributed by atoms with Gasteiger partial charge in [0.05, 0.1) is 21.3 Å². The minimum absolute atomic E-state index is 0.196. The first-order valence-electron chi connectivity index (χ1n) is 8.00. The van der Waals surface area contributed by atoms with Crippen LogP contribution in [0.2, 0.25) is 5.02 Å². The molecule has 0 aliphatic heterocycles. The molecule has 0 heterocycles. The molecule has 140 valence electrons. The van der Waals surface area contributed by atoms with Crippen LogP contribution < -0.4 is 19.5 Å². The van der Waals surface area contributed by atoms with E-state index in [2.05, 4.69) is 5.32 Å². The molecule has 0 atom stereocenters. The van der Waals surface area contributed by atoms with Crippen LogP contribution in [0.25, 0.3) is 0 Å². The molecule has 0 saturated heterocycles. The molecule has 2 aromatic rings. The predicted octanol–water partition coefficient (Wildman–Crippen LogP) is 3.71. The Bertz CT molecular complexity index is 742. The van der Waals surface area contributed by atoms with Crippen LogP contribution in [-0.4, -0.2) is 39.3 Å².